The van der Waals surface area contributed by atoms with Crippen LogP contribution in [0, 0.1) is 5.92 Å². The Kier molecular flexibility index (Phi) is 7.08. The Morgan fingerprint density at radius 2 is 2.05 bits per heavy atom. The van der Waals surface area contributed by atoms with Gasteiger partial charge in [-0.3, -0.25) is 14.5 Å². The summed E-state index contributed by atoms with van der Waals surface area (Å²) < 4.78 is 5.32. The lowest BCUT2D eigenvalue weighted by molar-refractivity contribution is -0.129. The van der Waals surface area contributed by atoms with Gasteiger partial charge in [0.25, 0.3) is 0 Å². The van der Waals surface area contributed by atoms with E-state index >= 15 is 0 Å². The van der Waals surface area contributed by atoms with Crippen LogP contribution >= 0.6 is 0 Å². The maximum Gasteiger partial charge on any atom is 0.225 e. The molecule has 2 fully saturated rings. The predicted octanol–water partition coefficient (Wildman–Crippen LogP) is -1.11. The number of likely N-dealkylation sites (tertiary alicyclic amines) is 1. The highest BCUT2D eigenvalue weighted by Gasteiger charge is 2.34. The van der Waals surface area contributed by atoms with E-state index in [1.165, 1.54) is 0 Å². The molecule has 1 unspecified atom stereocenters. The molecule has 0 aromatic carbocycles. The number of hydrogen-bond acceptors (Lipinski definition) is 5. The van der Waals surface area contributed by atoms with E-state index in [0.717, 1.165) is 45.9 Å². The molecule has 2 aliphatic heterocycles. The molecule has 7 heteroatoms. The van der Waals surface area contributed by atoms with E-state index in [4.69, 9.17) is 4.74 Å². The molecule has 0 aromatic heterocycles. The molecule has 2 aliphatic rings. The maximum atomic E-state index is 12.1. The lowest BCUT2D eigenvalue weighted by Crippen LogP contribution is -2.42. The minimum Gasteiger partial charge on any atom is -0.379 e. The molecule has 2 rings (SSSR count). The molecule has 126 valence electrons. The van der Waals surface area contributed by atoms with Crippen LogP contribution in [0.2, 0.25) is 0 Å². The minimum absolute atomic E-state index is 0.000116. The molecule has 0 bridgehead atoms. The average Bonchev–Trinajstić information content (AvgIpc) is 2.91. The van der Waals surface area contributed by atoms with Crippen molar-refractivity contribution in [2.24, 2.45) is 5.92 Å². The van der Waals surface area contributed by atoms with Gasteiger partial charge in [0.2, 0.25) is 11.8 Å². The van der Waals surface area contributed by atoms with Gasteiger partial charge in [-0.05, 0) is 6.54 Å². The van der Waals surface area contributed by atoms with Crippen molar-refractivity contribution in [2.75, 3.05) is 65.6 Å². The number of carbonyl (C=O) groups is 2. The summed E-state index contributed by atoms with van der Waals surface area (Å²) in [6.45, 7) is 9.83. The first-order valence-electron chi connectivity index (χ1n) is 8.27. The first kappa shape index (κ1) is 17.2. The molecule has 1 atom stereocenters. The Balaban J connectivity index is 1.67. The van der Waals surface area contributed by atoms with Gasteiger partial charge in [0, 0.05) is 52.2 Å². The first-order chi connectivity index (χ1) is 10.7. The predicted molar refractivity (Wildman–Crippen MR) is 83.5 cm³/mol. The molecule has 0 saturated carbocycles. The molecule has 22 heavy (non-hydrogen) atoms. The number of carbonyl (C=O) groups excluding carboxylic acids is 2. The summed E-state index contributed by atoms with van der Waals surface area (Å²) >= 11 is 0. The summed E-state index contributed by atoms with van der Waals surface area (Å²) in [6.07, 6.45) is 0.343. The van der Waals surface area contributed by atoms with Crippen LogP contribution in [-0.2, 0) is 14.3 Å². The van der Waals surface area contributed by atoms with E-state index < -0.39 is 0 Å². The number of likely N-dealkylation sites (N-methyl/N-ethyl adjacent to an activating group) is 1. The van der Waals surface area contributed by atoms with Gasteiger partial charge in [-0.2, -0.15) is 0 Å². The van der Waals surface area contributed by atoms with Crippen molar-refractivity contribution in [1.82, 2.24) is 20.4 Å². The topological polar surface area (TPSA) is 73.9 Å². The fourth-order valence-corrected chi connectivity index (χ4v) is 2.85. The summed E-state index contributed by atoms with van der Waals surface area (Å²) in [5.74, 6) is -0.0981. The van der Waals surface area contributed by atoms with E-state index in [2.05, 4.69) is 15.5 Å². The monoisotopic (exact) mass is 312 g/mol. The molecule has 0 spiro atoms. The Morgan fingerprint density at radius 1 is 1.27 bits per heavy atom. The normalized spacial score (nSPS) is 23.0. The number of amides is 2. The zero-order valence-corrected chi connectivity index (χ0v) is 13.5. The highest BCUT2D eigenvalue weighted by molar-refractivity contribution is 5.89. The summed E-state index contributed by atoms with van der Waals surface area (Å²) in [5.41, 5.74) is 0. The average molecular weight is 312 g/mol. The van der Waals surface area contributed by atoms with Crippen molar-refractivity contribution in [3.05, 3.63) is 0 Å². The third-order valence-electron chi connectivity index (χ3n) is 4.23. The third-order valence-corrected chi connectivity index (χ3v) is 4.23. The molecule has 0 aliphatic carbocycles. The SMILES string of the molecule is CCNCCNC(=O)C1CC(=O)N(CCN2CCOCC2)C1. The second kappa shape index (κ2) is 9.07. The first-order valence-corrected chi connectivity index (χ1v) is 8.27. The Morgan fingerprint density at radius 3 is 2.77 bits per heavy atom. The number of nitrogens with one attached hydrogen (secondary N) is 2. The number of rotatable bonds is 8. The molecular formula is C15H28N4O3. The van der Waals surface area contributed by atoms with Crippen LogP contribution in [0.25, 0.3) is 0 Å². The van der Waals surface area contributed by atoms with Crippen LogP contribution < -0.4 is 10.6 Å². The molecule has 2 N–H and O–H groups in total. The molecule has 0 radical (unpaired) electrons. The highest BCUT2D eigenvalue weighted by Crippen LogP contribution is 2.17. The molecule has 2 amide bonds. The largest absolute Gasteiger partial charge is 0.379 e. The van der Waals surface area contributed by atoms with Crippen LogP contribution in [0.4, 0.5) is 0 Å². The van der Waals surface area contributed by atoms with Crippen LogP contribution in [0.15, 0.2) is 0 Å². The standard InChI is InChI=1S/C15H28N4O3/c1-2-16-3-4-17-15(21)13-11-14(20)19(12-13)6-5-18-7-9-22-10-8-18/h13,16H,2-12H2,1H3,(H,17,21). The van der Waals surface area contributed by atoms with Gasteiger partial charge >= 0.3 is 0 Å². The number of hydrogen-bond donors (Lipinski definition) is 2. The summed E-state index contributed by atoms with van der Waals surface area (Å²) in [5, 5.41) is 6.06. The summed E-state index contributed by atoms with van der Waals surface area (Å²) in [6, 6.07) is 0. The smallest absolute Gasteiger partial charge is 0.225 e. The van der Waals surface area contributed by atoms with Crippen molar-refractivity contribution < 1.29 is 14.3 Å². The van der Waals surface area contributed by atoms with Gasteiger partial charge in [0.05, 0.1) is 19.1 Å². The van der Waals surface area contributed by atoms with Crippen LogP contribution in [0.3, 0.4) is 0 Å². The lowest BCUT2D eigenvalue weighted by Gasteiger charge is -2.28. The van der Waals surface area contributed by atoms with E-state index in [9.17, 15) is 9.59 Å². The second-order valence-corrected chi connectivity index (χ2v) is 5.84. The number of nitrogens with zero attached hydrogens (tertiary/aromatic N) is 2. The van der Waals surface area contributed by atoms with Gasteiger partial charge in [0.15, 0.2) is 0 Å². The fourth-order valence-electron chi connectivity index (χ4n) is 2.85. The van der Waals surface area contributed by atoms with E-state index in [0.29, 0.717) is 26.1 Å². The van der Waals surface area contributed by atoms with Crippen LogP contribution in [0.1, 0.15) is 13.3 Å². The van der Waals surface area contributed by atoms with Crippen molar-refractivity contribution in [1.29, 1.82) is 0 Å². The van der Waals surface area contributed by atoms with Crippen molar-refractivity contribution in [3.63, 3.8) is 0 Å². The zero-order chi connectivity index (χ0) is 15.8. The zero-order valence-electron chi connectivity index (χ0n) is 13.5. The molecule has 0 aromatic rings. The molecule has 2 heterocycles. The van der Waals surface area contributed by atoms with E-state index in [-0.39, 0.29) is 17.7 Å². The molecular weight excluding hydrogens is 284 g/mol. The second-order valence-electron chi connectivity index (χ2n) is 5.84. The molecule has 7 nitrogen and oxygen atoms in total. The summed E-state index contributed by atoms with van der Waals surface area (Å²) in [7, 11) is 0. The Bertz CT molecular complexity index is 372. The third kappa shape index (κ3) is 5.23. The van der Waals surface area contributed by atoms with Gasteiger partial charge in [-0.1, -0.05) is 6.92 Å². The summed E-state index contributed by atoms with van der Waals surface area (Å²) in [4.78, 5) is 28.2. The number of morpholine rings is 1. The van der Waals surface area contributed by atoms with Gasteiger partial charge in [-0.15, -0.1) is 0 Å². The van der Waals surface area contributed by atoms with Crippen molar-refractivity contribution >= 4 is 11.8 Å². The Labute approximate surface area is 132 Å². The van der Waals surface area contributed by atoms with Gasteiger partial charge < -0.3 is 20.3 Å². The maximum absolute atomic E-state index is 12.1. The Hall–Kier alpha value is -1.18. The highest BCUT2D eigenvalue weighted by atomic mass is 16.5. The van der Waals surface area contributed by atoms with E-state index in [1.54, 1.807) is 0 Å². The van der Waals surface area contributed by atoms with E-state index in [1.807, 2.05) is 11.8 Å². The quantitative estimate of drug-likeness (QED) is 0.556. The van der Waals surface area contributed by atoms with Gasteiger partial charge in [-0.25, -0.2) is 0 Å². The van der Waals surface area contributed by atoms with Crippen molar-refractivity contribution in [2.45, 2.75) is 13.3 Å². The minimum atomic E-state index is -0.196. The van der Waals surface area contributed by atoms with Crippen LogP contribution in [-0.4, -0.2) is 87.2 Å². The van der Waals surface area contributed by atoms with Crippen LogP contribution in [0.5, 0.6) is 0 Å². The number of ether oxygens (including phenoxy) is 1. The lowest BCUT2D eigenvalue weighted by atomic mass is 10.1. The van der Waals surface area contributed by atoms with Gasteiger partial charge in [0.1, 0.15) is 0 Å². The fraction of sp³-hybridized carbons (Fsp3) is 0.867. The molecule has 2 saturated heterocycles. The van der Waals surface area contributed by atoms with Crippen molar-refractivity contribution in [3.8, 4) is 0 Å².